The molecule has 2 heterocycles. The quantitative estimate of drug-likeness (QED) is 0.0378. The van der Waals surface area contributed by atoms with Crippen LogP contribution in [-0.4, -0.2) is 49.3 Å². The second-order valence-corrected chi connectivity index (χ2v) is 17.9. The second-order valence-electron chi connectivity index (χ2n) is 16.4. The van der Waals surface area contributed by atoms with E-state index in [1.165, 1.54) is 79.4 Å². The number of unbranched alkanes of at least 4 members (excludes halogenated alkanes) is 16. The molecule has 0 saturated heterocycles. The van der Waals surface area contributed by atoms with E-state index in [2.05, 4.69) is 41.5 Å². The Bertz CT molecular complexity index is 1480. The lowest BCUT2D eigenvalue weighted by molar-refractivity contribution is -0.161. The second kappa shape index (κ2) is 31.4. The molecule has 340 valence electrons. The van der Waals surface area contributed by atoms with Crippen LogP contribution in [0.3, 0.4) is 0 Å². The van der Waals surface area contributed by atoms with Gasteiger partial charge in [-0.15, -0.1) is 0 Å². The average molecular weight is 852 g/mol. The fourth-order valence-corrected chi connectivity index (χ4v) is 8.15. The molecule has 0 spiro atoms. The number of rotatable bonds is 37. The first-order chi connectivity index (χ1) is 28.4. The average Bonchev–Trinajstić information content (AvgIpc) is 3.64. The van der Waals surface area contributed by atoms with Gasteiger partial charge in [0.1, 0.15) is 29.6 Å². The molecule has 0 saturated carbocycles. The fraction of sp³-hybridized carbons (Fsp3) is 0.787. The molecule has 3 N–H and O–H groups in total. The summed E-state index contributed by atoms with van der Waals surface area (Å²) in [7, 11) is -4.40. The maximum atomic E-state index is 12.7. The van der Waals surface area contributed by atoms with Crippen LogP contribution < -0.4 is 5.73 Å². The number of aryl methyl sites for hydroxylation is 4. The van der Waals surface area contributed by atoms with E-state index in [9.17, 15) is 19.0 Å². The molecule has 0 aliphatic rings. The van der Waals surface area contributed by atoms with Gasteiger partial charge in [-0.2, -0.15) is 0 Å². The predicted molar refractivity (Wildman–Crippen MR) is 236 cm³/mol. The van der Waals surface area contributed by atoms with Crippen LogP contribution in [0.4, 0.5) is 0 Å². The van der Waals surface area contributed by atoms with Crippen LogP contribution in [0.2, 0.25) is 0 Å². The van der Waals surface area contributed by atoms with Gasteiger partial charge in [0.25, 0.3) is 0 Å². The van der Waals surface area contributed by atoms with Crippen LogP contribution in [0.15, 0.2) is 8.83 Å². The molecule has 2 atom stereocenters. The van der Waals surface area contributed by atoms with Gasteiger partial charge in [-0.25, -0.2) is 4.57 Å². The largest absolute Gasteiger partial charge is 0.472 e. The topological polar surface area (TPSA) is 161 Å². The molecular formula is C47H82NO10P. The lowest BCUT2D eigenvalue weighted by Crippen LogP contribution is -2.29. The standard InChI is InChI=1S/C47H82NO10P/c1-7-9-22-28-43-39(5)40(6)45(58-43)30-24-19-14-10-12-16-20-25-31-46(49)53-35-41(36-55-59(51,52)54-34-33-48)56-47(50)32-26-21-17-13-11-15-18-23-29-44-38(4)37(3)42(57-44)27-8-2/h41H,7-36,48H2,1-6H3,(H,51,52)/t41-/m1/s1. The third kappa shape index (κ3) is 22.8. The van der Waals surface area contributed by atoms with E-state index in [-0.39, 0.29) is 32.6 Å². The Morgan fingerprint density at radius 3 is 1.41 bits per heavy atom. The van der Waals surface area contributed by atoms with Gasteiger partial charge in [-0.05, 0) is 88.5 Å². The van der Waals surface area contributed by atoms with Gasteiger partial charge < -0.3 is 28.9 Å². The Labute approximate surface area is 357 Å². The van der Waals surface area contributed by atoms with Crippen molar-refractivity contribution in [3.8, 4) is 0 Å². The number of carbonyl (C=O) groups is 2. The first-order valence-electron chi connectivity index (χ1n) is 23.2. The summed E-state index contributed by atoms with van der Waals surface area (Å²) in [5.74, 6) is 3.76. The number of hydrogen-bond acceptors (Lipinski definition) is 10. The number of furan rings is 2. The molecule has 0 radical (unpaired) electrons. The van der Waals surface area contributed by atoms with Crippen LogP contribution in [-0.2, 0) is 58.4 Å². The molecule has 2 aromatic heterocycles. The molecule has 2 aromatic rings. The summed E-state index contributed by atoms with van der Waals surface area (Å²) in [5.41, 5.74) is 10.6. The minimum atomic E-state index is -4.40. The number of hydrogen-bond donors (Lipinski definition) is 2. The molecule has 12 heteroatoms. The Morgan fingerprint density at radius 1 is 0.559 bits per heavy atom. The lowest BCUT2D eigenvalue weighted by Gasteiger charge is -2.19. The summed E-state index contributed by atoms with van der Waals surface area (Å²) in [5, 5.41) is 0. The number of nitrogens with two attached hydrogens (primary N) is 1. The fourth-order valence-electron chi connectivity index (χ4n) is 7.39. The highest BCUT2D eigenvalue weighted by Crippen LogP contribution is 2.43. The van der Waals surface area contributed by atoms with Gasteiger partial charge in [-0.1, -0.05) is 104 Å². The smallest absolute Gasteiger partial charge is 0.466 e. The highest BCUT2D eigenvalue weighted by molar-refractivity contribution is 7.47. The zero-order valence-electron chi connectivity index (χ0n) is 37.9. The van der Waals surface area contributed by atoms with Crippen LogP contribution in [0.25, 0.3) is 0 Å². The van der Waals surface area contributed by atoms with Crippen molar-refractivity contribution in [2.24, 2.45) is 5.73 Å². The summed E-state index contributed by atoms with van der Waals surface area (Å²) in [4.78, 5) is 35.1. The summed E-state index contributed by atoms with van der Waals surface area (Å²) in [6.07, 6.45) is 25.1. The van der Waals surface area contributed by atoms with Crippen LogP contribution in [0.1, 0.15) is 200 Å². The minimum Gasteiger partial charge on any atom is -0.466 e. The Kier molecular flexibility index (Phi) is 28.1. The van der Waals surface area contributed by atoms with E-state index in [1.807, 2.05) is 0 Å². The van der Waals surface area contributed by atoms with Crippen molar-refractivity contribution in [3.05, 3.63) is 45.3 Å². The highest BCUT2D eigenvalue weighted by atomic mass is 31.2. The molecule has 0 fully saturated rings. The number of ether oxygens (including phenoxy) is 2. The van der Waals surface area contributed by atoms with Crippen molar-refractivity contribution in [3.63, 3.8) is 0 Å². The Morgan fingerprint density at radius 2 is 0.966 bits per heavy atom. The van der Waals surface area contributed by atoms with E-state index >= 15 is 0 Å². The molecule has 0 bridgehead atoms. The summed E-state index contributed by atoms with van der Waals surface area (Å²) in [6.45, 7) is 12.3. The lowest BCUT2D eigenvalue weighted by atomic mass is 10.0. The molecular weight excluding hydrogens is 769 g/mol. The first-order valence-corrected chi connectivity index (χ1v) is 24.7. The maximum absolute atomic E-state index is 12.7. The summed E-state index contributed by atoms with van der Waals surface area (Å²) < 4.78 is 45.3. The molecule has 0 aliphatic heterocycles. The van der Waals surface area contributed by atoms with Gasteiger partial charge in [0.2, 0.25) is 0 Å². The van der Waals surface area contributed by atoms with Crippen LogP contribution in [0.5, 0.6) is 0 Å². The van der Waals surface area contributed by atoms with Crippen molar-refractivity contribution in [1.82, 2.24) is 0 Å². The number of esters is 2. The third-order valence-electron chi connectivity index (χ3n) is 11.4. The highest BCUT2D eigenvalue weighted by Gasteiger charge is 2.26. The molecule has 11 nitrogen and oxygen atoms in total. The van der Waals surface area contributed by atoms with E-state index in [1.54, 1.807) is 0 Å². The van der Waals surface area contributed by atoms with Crippen molar-refractivity contribution < 1.29 is 46.4 Å². The van der Waals surface area contributed by atoms with Crippen molar-refractivity contribution >= 4 is 19.8 Å². The van der Waals surface area contributed by atoms with Crippen molar-refractivity contribution in [2.75, 3.05) is 26.4 Å². The first kappa shape index (κ1) is 52.7. The van der Waals surface area contributed by atoms with Gasteiger partial charge in [0.15, 0.2) is 6.10 Å². The molecule has 0 aliphatic carbocycles. The third-order valence-corrected chi connectivity index (χ3v) is 12.4. The van der Waals surface area contributed by atoms with E-state index in [0.717, 1.165) is 107 Å². The SMILES string of the molecule is CCCCCc1oc(CCCCCCCCCCC(=O)OC[C@H](COP(=O)(O)OCCN)OC(=O)CCCCCCCCCCc2oc(CCC)c(C)c2C)c(C)c1C. The maximum Gasteiger partial charge on any atom is 0.472 e. The Balaban J connectivity index is 1.58. The molecule has 1 unspecified atom stereocenters. The zero-order valence-corrected chi connectivity index (χ0v) is 38.8. The van der Waals surface area contributed by atoms with Gasteiger partial charge in [0, 0.05) is 45.1 Å². The van der Waals surface area contributed by atoms with Gasteiger partial charge in [-0.3, -0.25) is 18.6 Å². The van der Waals surface area contributed by atoms with Crippen molar-refractivity contribution in [1.29, 1.82) is 0 Å². The number of phosphoric acid groups is 1. The minimum absolute atomic E-state index is 0.0427. The number of carbonyl (C=O) groups excluding carboxylic acids is 2. The normalized spacial score (nSPS) is 13.2. The molecule has 0 amide bonds. The molecule has 0 aromatic carbocycles. The van der Waals surface area contributed by atoms with Gasteiger partial charge in [0.05, 0.1) is 13.2 Å². The van der Waals surface area contributed by atoms with Crippen LogP contribution in [0, 0.1) is 27.7 Å². The summed E-state index contributed by atoms with van der Waals surface area (Å²) >= 11 is 0. The van der Waals surface area contributed by atoms with Crippen LogP contribution >= 0.6 is 7.82 Å². The summed E-state index contributed by atoms with van der Waals surface area (Å²) in [6, 6.07) is 0. The van der Waals surface area contributed by atoms with E-state index < -0.39 is 32.5 Å². The molecule has 2 rings (SSSR count). The van der Waals surface area contributed by atoms with E-state index in [4.69, 9.17) is 33.1 Å². The van der Waals surface area contributed by atoms with E-state index in [0.29, 0.717) is 12.8 Å². The monoisotopic (exact) mass is 852 g/mol. The van der Waals surface area contributed by atoms with Crippen molar-refractivity contribution in [2.45, 2.75) is 215 Å². The van der Waals surface area contributed by atoms with Gasteiger partial charge >= 0.3 is 19.8 Å². The predicted octanol–water partition coefficient (Wildman–Crippen LogP) is 12.1. The Hall–Kier alpha value is -2.43. The molecule has 59 heavy (non-hydrogen) atoms. The number of phosphoric ester groups is 1. The zero-order chi connectivity index (χ0) is 43.3.